The Bertz CT molecular complexity index is 843. The molecule has 1 aliphatic rings. The van der Waals surface area contributed by atoms with Crippen molar-refractivity contribution in [2.75, 3.05) is 6.54 Å². The van der Waals surface area contributed by atoms with Gasteiger partial charge in [-0.2, -0.15) is 5.10 Å². The second kappa shape index (κ2) is 6.66. The Morgan fingerprint density at radius 3 is 2.67 bits per heavy atom. The van der Waals surface area contributed by atoms with Gasteiger partial charge in [0.15, 0.2) is 0 Å². The van der Waals surface area contributed by atoms with E-state index in [1.54, 1.807) is 18.5 Å². The van der Waals surface area contributed by atoms with Crippen molar-refractivity contribution in [3.8, 4) is 0 Å². The SMILES string of the molecule is CCn1nc(C)c(S(=O)(=O)NCC2Cc3ccccc3CO2)c1C. The van der Waals surface area contributed by atoms with Gasteiger partial charge < -0.3 is 4.74 Å². The highest BCUT2D eigenvalue weighted by molar-refractivity contribution is 7.89. The fourth-order valence-corrected chi connectivity index (χ4v) is 4.67. The molecule has 1 atom stereocenters. The van der Waals surface area contributed by atoms with E-state index in [2.05, 4.69) is 15.9 Å². The van der Waals surface area contributed by atoms with Gasteiger partial charge >= 0.3 is 0 Å². The molecule has 0 saturated carbocycles. The van der Waals surface area contributed by atoms with Crippen LogP contribution in [0.4, 0.5) is 0 Å². The Morgan fingerprint density at radius 2 is 2.00 bits per heavy atom. The average molecular weight is 349 g/mol. The molecule has 1 aromatic carbocycles. The van der Waals surface area contributed by atoms with Crippen molar-refractivity contribution in [1.82, 2.24) is 14.5 Å². The predicted octanol–water partition coefficient (Wildman–Crippen LogP) is 1.94. The first kappa shape index (κ1) is 17.1. The molecule has 6 nitrogen and oxygen atoms in total. The van der Waals surface area contributed by atoms with Gasteiger partial charge in [-0.1, -0.05) is 24.3 Å². The minimum Gasteiger partial charge on any atom is -0.372 e. The van der Waals surface area contributed by atoms with Crippen LogP contribution in [0.25, 0.3) is 0 Å². The van der Waals surface area contributed by atoms with E-state index in [1.165, 1.54) is 11.1 Å². The number of hydrogen-bond acceptors (Lipinski definition) is 4. The average Bonchev–Trinajstić information content (AvgIpc) is 2.87. The zero-order valence-electron chi connectivity index (χ0n) is 14.2. The first-order chi connectivity index (χ1) is 11.4. The molecule has 0 radical (unpaired) electrons. The summed E-state index contributed by atoms with van der Waals surface area (Å²) in [6.45, 7) is 6.87. The summed E-state index contributed by atoms with van der Waals surface area (Å²) in [5.41, 5.74) is 3.58. The van der Waals surface area contributed by atoms with E-state index in [0.717, 1.165) is 0 Å². The van der Waals surface area contributed by atoms with Crippen molar-refractivity contribution in [1.29, 1.82) is 0 Å². The lowest BCUT2D eigenvalue weighted by atomic mass is 9.99. The number of nitrogens with one attached hydrogen (secondary N) is 1. The Labute approximate surface area is 142 Å². The second-order valence-corrected chi connectivity index (χ2v) is 7.78. The highest BCUT2D eigenvalue weighted by Crippen LogP contribution is 2.22. The Balaban J connectivity index is 1.72. The maximum atomic E-state index is 12.7. The normalized spacial score (nSPS) is 17.7. The van der Waals surface area contributed by atoms with E-state index in [0.29, 0.717) is 31.0 Å². The minimum absolute atomic E-state index is 0.156. The molecule has 0 spiro atoms. The topological polar surface area (TPSA) is 73.2 Å². The summed E-state index contributed by atoms with van der Waals surface area (Å²) in [6.07, 6.45) is 0.557. The molecule has 3 rings (SSSR count). The molecule has 1 aromatic heterocycles. The third-order valence-electron chi connectivity index (χ3n) is 4.42. The van der Waals surface area contributed by atoms with E-state index < -0.39 is 10.0 Å². The van der Waals surface area contributed by atoms with Crippen LogP contribution in [0.2, 0.25) is 0 Å². The molecular formula is C17H23N3O3S. The molecule has 1 N–H and O–H groups in total. The first-order valence-corrected chi connectivity index (χ1v) is 9.62. The second-order valence-electron chi connectivity index (χ2n) is 6.07. The fourth-order valence-electron chi connectivity index (χ4n) is 3.19. The summed E-state index contributed by atoms with van der Waals surface area (Å²) in [7, 11) is -3.60. The zero-order chi connectivity index (χ0) is 17.3. The van der Waals surface area contributed by atoms with Gasteiger partial charge in [0.1, 0.15) is 4.90 Å². The number of benzene rings is 1. The van der Waals surface area contributed by atoms with Crippen LogP contribution in [0.15, 0.2) is 29.2 Å². The fraction of sp³-hybridized carbons (Fsp3) is 0.471. The van der Waals surface area contributed by atoms with E-state index in [9.17, 15) is 8.42 Å². The van der Waals surface area contributed by atoms with E-state index in [1.807, 2.05) is 25.1 Å². The molecule has 0 saturated heterocycles. The molecule has 24 heavy (non-hydrogen) atoms. The smallest absolute Gasteiger partial charge is 0.244 e. The van der Waals surface area contributed by atoms with Crippen molar-refractivity contribution >= 4 is 10.0 Å². The Hall–Kier alpha value is -1.70. The summed E-state index contributed by atoms with van der Waals surface area (Å²) < 4.78 is 35.5. The number of sulfonamides is 1. The summed E-state index contributed by atoms with van der Waals surface area (Å²) >= 11 is 0. The summed E-state index contributed by atoms with van der Waals surface area (Å²) in [6, 6.07) is 8.10. The number of fused-ring (bicyclic) bond motifs is 1. The number of ether oxygens (including phenoxy) is 1. The monoisotopic (exact) mass is 349 g/mol. The van der Waals surface area contributed by atoms with Gasteiger partial charge in [-0.25, -0.2) is 13.1 Å². The highest BCUT2D eigenvalue weighted by atomic mass is 32.2. The summed E-state index contributed by atoms with van der Waals surface area (Å²) in [5.74, 6) is 0. The maximum Gasteiger partial charge on any atom is 0.244 e. The molecule has 130 valence electrons. The van der Waals surface area contributed by atoms with Crippen LogP contribution < -0.4 is 4.72 Å². The largest absolute Gasteiger partial charge is 0.372 e. The van der Waals surface area contributed by atoms with Crippen LogP contribution in [-0.2, 0) is 34.3 Å². The molecule has 0 aliphatic carbocycles. The van der Waals surface area contributed by atoms with E-state index in [4.69, 9.17) is 4.74 Å². The first-order valence-electron chi connectivity index (χ1n) is 8.14. The third-order valence-corrected chi connectivity index (χ3v) is 6.10. The molecule has 2 heterocycles. The van der Waals surface area contributed by atoms with Crippen molar-refractivity contribution < 1.29 is 13.2 Å². The molecule has 1 aliphatic heterocycles. The molecule has 0 bridgehead atoms. The molecule has 0 amide bonds. The lowest BCUT2D eigenvalue weighted by Gasteiger charge is -2.25. The van der Waals surface area contributed by atoms with E-state index in [-0.39, 0.29) is 17.5 Å². The molecule has 7 heteroatoms. The van der Waals surface area contributed by atoms with Crippen molar-refractivity contribution in [2.24, 2.45) is 0 Å². The van der Waals surface area contributed by atoms with Crippen LogP contribution in [0.1, 0.15) is 29.4 Å². The van der Waals surface area contributed by atoms with Gasteiger partial charge in [-0.05, 0) is 31.9 Å². The van der Waals surface area contributed by atoms with Crippen LogP contribution in [0.5, 0.6) is 0 Å². The highest BCUT2D eigenvalue weighted by Gasteiger charge is 2.26. The van der Waals surface area contributed by atoms with Crippen LogP contribution in [0, 0.1) is 13.8 Å². The Kier molecular flexibility index (Phi) is 4.76. The van der Waals surface area contributed by atoms with Gasteiger partial charge in [-0.15, -0.1) is 0 Å². The van der Waals surface area contributed by atoms with Gasteiger partial charge in [0.25, 0.3) is 0 Å². The van der Waals surface area contributed by atoms with Crippen molar-refractivity contribution in [3.63, 3.8) is 0 Å². The van der Waals surface area contributed by atoms with E-state index >= 15 is 0 Å². The molecule has 2 aromatic rings. The lowest BCUT2D eigenvalue weighted by molar-refractivity contribution is 0.0322. The van der Waals surface area contributed by atoms with Gasteiger partial charge in [0.05, 0.1) is 24.1 Å². The van der Waals surface area contributed by atoms with Crippen LogP contribution in [0.3, 0.4) is 0 Å². The number of aromatic nitrogens is 2. The third kappa shape index (κ3) is 3.24. The van der Waals surface area contributed by atoms with Crippen molar-refractivity contribution in [2.45, 2.75) is 51.3 Å². The zero-order valence-corrected chi connectivity index (χ0v) is 15.1. The number of nitrogens with zero attached hydrogens (tertiary/aromatic N) is 2. The standard InChI is InChI=1S/C17H23N3O3S/c1-4-20-13(3)17(12(2)19-20)24(21,22)18-10-16-9-14-7-5-6-8-15(14)11-23-16/h5-8,16,18H,4,9-11H2,1-3H3. The summed E-state index contributed by atoms with van der Waals surface area (Å²) in [4.78, 5) is 0.278. The maximum absolute atomic E-state index is 12.7. The van der Waals surface area contributed by atoms with Crippen molar-refractivity contribution in [3.05, 3.63) is 46.8 Å². The Morgan fingerprint density at radius 1 is 1.29 bits per heavy atom. The number of aryl methyl sites for hydroxylation is 2. The molecule has 0 fully saturated rings. The number of rotatable bonds is 5. The van der Waals surface area contributed by atoms with Gasteiger partial charge in [-0.3, -0.25) is 4.68 Å². The quantitative estimate of drug-likeness (QED) is 0.895. The predicted molar refractivity (Wildman–Crippen MR) is 91.3 cm³/mol. The molecular weight excluding hydrogens is 326 g/mol. The minimum atomic E-state index is -3.60. The number of hydrogen-bond donors (Lipinski definition) is 1. The lowest BCUT2D eigenvalue weighted by Crippen LogP contribution is -2.37. The van der Waals surface area contributed by atoms with Crippen LogP contribution in [-0.4, -0.2) is 30.8 Å². The molecule has 1 unspecified atom stereocenters. The van der Waals surface area contributed by atoms with Gasteiger partial charge in [0, 0.05) is 19.5 Å². The van der Waals surface area contributed by atoms with Crippen LogP contribution >= 0.6 is 0 Å². The van der Waals surface area contributed by atoms with Gasteiger partial charge in [0.2, 0.25) is 10.0 Å². The summed E-state index contributed by atoms with van der Waals surface area (Å²) in [5, 5.41) is 4.29.